The van der Waals surface area contributed by atoms with Crippen molar-refractivity contribution < 1.29 is 14.5 Å². The molecule has 2 aromatic rings. The molecule has 114 valence electrons. The second-order valence-electron chi connectivity index (χ2n) is 4.56. The third-order valence-corrected chi connectivity index (χ3v) is 3.10. The summed E-state index contributed by atoms with van der Waals surface area (Å²) >= 11 is 0. The number of nitro groups is 1. The average molecular weight is 301 g/mol. The van der Waals surface area contributed by atoms with E-state index in [2.05, 4.69) is 5.32 Å². The summed E-state index contributed by atoms with van der Waals surface area (Å²) < 4.78 is 5.05. The van der Waals surface area contributed by atoms with E-state index in [4.69, 9.17) is 10.5 Å². The summed E-state index contributed by atoms with van der Waals surface area (Å²) in [6, 6.07) is 11.0. The van der Waals surface area contributed by atoms with Crippen molar-refractivity contribution in [3.05, 3.63) is 63.7 Å². The van der Waals surface area contributed by atoms with Crippen LogP contribution in [0.4, 0.5) is 11.4 Å². The predicted octanol–water partition coefficient (Wildman–Crippen LogP) is 2.12. The predicted molar refractivity (Wildman–Crippen MR) is 81.7 cm³/mol. The van der Waals surface area contributed by atoms with Crippen LogP contribution in [-0.4, -0.2) is 17.9 Å². The van der Waals surface area contributed by atoms with Crippen molar-refractivity contribution in [1.29, 1.82) is 0 Å². The van der Waals surface area contributed by atoms with Gasteiger partial charge >= 0.3 is 0 Å². The Hall–Kier alpha value is -3.09. The van der Waals surface area contributed by atoms with Crippen LogP contribution in [-0.2, 0) is 6.54 Å². The van der Waals surface area contributed by atoms with Crippen molar-refractivity contribution >= 4 is 17.3 Å². The number of methoxy groups -OCH3 is 1. The van der Waals surface area contributed by atoms with Gasteiger partial charge in [0.25, 0.3) is 11.6 Å². The Morgan fingerprint density at radius 3 is 2.55 bits per heavy atom. The van der Waals surface area contributed by atoms with E-state index in [1.54, 1.807) is 19.2 Å². The number of nitrogens with zero attached hydrogens (tertiary/aromatic N) is 1. The van der Waals surface area contributed by atoms with Gasteiger partial charge in [-0.3, -0.25) is 14.9 Å². The molecule has 22 heavy (non-hydrogen) atoms. The molecule has 0 aliphatic rings. The molecule has 0 aromatic heterocycles. The maximum atomic E-state index is 12.1. The molecule has 7 heteroatoms. The number of amides is 1. The number of anilines is 1. The van der Waals surface area contributed by atoms with Crippen molar-refractivity contribution in [2.75, 3.05) is 12.8 Å². The molecule has 0 atom stereocenters. The highest BCUT2D eigenvalue weighted by atomic mass is 16.6. The zero-order chi connectivity index (χ0) is 16.1. The SMILES string of the molecule is COc1ccc(CNC(=O)c2cc([N+](=O)[O-])ccc2N)cc1. The van der Waals surface area contributed by atoms with E-state index in [1.807, 2.05) is 12.1 Å². The summed E-state index contributed by atoms with van der Waals surface area (Å²) in [5.41, 5.74) is 6.67. The Kier molecular flexibility index (Phi) is 4.57. The zero-order valence-corrected chi connectivity index (χ0v) is 11.9. The van der Waals surface area contributed by atoms with Crippen LogP contribution in [0, 0.1) is 10.1 Å². The largest absolute Gasteiger partial charge is 0.497 e. The van der Waals surface area contributed by atoms with Crippen molar-refractivity contribution in [2.24, 2.45) is 0 Å². The van der Waals surface area contributed by atoms with Crippen LogP contribution < -0.4 is 15.8 Å². The second-order valence-corrected chi connectivity index (χ2v) is 4.56. The summed E-state index contributed by atoms with van der Waals surface area (Å²) in [5, 5.41) is 13.4. The zero-order valence-electron chi connectivity index (χ0n) is 11.9. The van der Waals surface area contributed by atoms with Gasteiger partial charge in [0, 0.05) is 24.4 Å². The summed E-state index contributed by atoms with van der Waals surface area (Å²) in [4.78, 5) is 22.3. The van der Waals surface area contributed by atoms with Crippen LogP contribution in [0.15, 0.2) is 42.5 Å². The Morgan fingerprint density at radius 1 is 1.27 bits per heavy atom. The first-order valence-electron chi connectivity index (χ1n) is 6.46. The molecule has 0 saturated carbocycles. The molecule has 0 radical (unpaired) electrons. The maximum absolute atomic E-state index is 12.1. The highest BCUT2D eigenvalue weighted by molar-refractivity contribution is 5.99. The van der Waals surface area contributed by atoms with Crippen LogP contribution >= 0.6 is 0 Å². The van der Waals surface area contributed by atoms with Gasteiger partial charge < -0.3 is 15.8 Å². The molecule has 0 unspecified atom stereocenters. The number of hydrogen-bond donors (Lipinski definition) is 2. The van der Waals surface area contributed by atoms with E-state index in [1.165, 1.54) is 18.2 Å². The Morgan fingerprint density at radius 2 is 1.95 bits per heavy atom. The number of nitrogens with two attached hydrogens (primary N) is 1. The number of hydrogen-bond acceptors (Lipinski definition) is 5. The lowest BCUT2D eigenvalue weighted by molar-refractivity contribution is -0.384. The Balaban J connectivity index is 2.08. The summed E-state index contributed by atoms with van der Waals surface area (Å²) in [7, 11) is 1.57. The fourth-order valence-corrected chi connectivity index (χ4v) is 1.88. The monoisotopic (exact) mass is 301 g/mol. The molecule has 0 aliphatic carbocycles. The van der Waals surface area contributed by atoms with Crippen LogP contribution in [0.2, 0.25) is 0 Å². The Bertz CT molecular complexity index is 698. The molecule has 0 bridgehead atoms. The first-order chi connectivity index (χ1) is 10.5. The first kappa shape index (κ1) is 15.3. The molecule has 7 nitrogen and oxygen atoms in total. The number of carbonyl (C=O) groups is 1. The maximum Gasteiger partial charge on any atom is 0.270 e. The third-order valence-electron chi connectivity index (χ3n) is 3.10. The van der Waals surface area contributed by atoms with Crippen molar-refractivity contribution in [2.45, 2.75) is 6.54 Å². The van der Waals surface area contributed by atoms with Crippen molar-refractivity contribution in [1.82, 2.24) is 5.32 Å². The van der Waals surface area contributed by atoms with Crippen molar-refractivity contribution in [3.8, 4) is 5.75 Å². The molecule has 2 aromatic carbocycles. The normalized spacial score (nSPS) is 10.0. The highest BCUT2D eigenvalue weighted by Gasteiger charge is 2.15. The topological polar surface area (TPSA) is 107 Å². The van der Waals surface area contributed by atoms with E-state index in [-0.39, 0.29) is 23.5 Å². The van der Waals surface area contributed by atoms with Gasteiger partial charge in [-0.2, -0.15) is 0 Å². The van der Waals surface area contributed by atoms with E-state index in [0.29, 0.717) is 0 Å². The number of rotatable bonds is 5. The standard InChI is InChI=1S/C15H15N3O4/c1-22-12-5-2-10(3-6-12)9-17-15(19)13-8-11(18(20)21)4-7-14(13)16/h2-8H,9,16H2,1H3,(H,17,19). The van der Waals surface area contributed by atoms with E-state index in [9.17, 15) is 14.9 Å². The third kappa shape index (κ3) is 3.51. The van der Waals surface area contributed by atoms with E-state index >= 15 is 0 Å². The molecule has 0 heterocycles. The molecule has 0 fully saturated rings. The lowest BCUT2D eigenvalue weighted by Gasteiger charge is -2.08. The molecular weight excluding hydrogens is 286 g/mol. The summed E-state index contributed by atoms with van der Waals surface area (Å²) in [6.07, 6.45) is 0. The van der Waals surface area contributed by atoms with Gasteiger partial charge in [-0.15, -0.1) is 0 Å². The van der Waals surface area contributed by atoms with Gasteiger partial charge in [0.15, 0.2) is 0 Å². The van der Waals surface area contributed by atoms with Crippen LogP contribution in [0.25, 0.3) is 0 Å². The van der Waals surface area contributed by atoms with Gasteiger partial charge in [0.2, 0.25) is 0 Å². The lowest BCUT2D eigenvalue weighted by Crippen LogP contribution is -2.23. The van der Waals surface area contributed by atoms with Crippen LogP contribution in [0.5, 0.6) is 5.75 Å². The molecule has 3 N–H and O–H groups in total. The number of non-ortho nitro benzene ring substituents is 1. The minimum atomic E-state index is -0.570. The molecular formula is C15H15N3O4. The lowest BCUT2D eigenvalue weighted by atomic mass is 10.1. The van der Waals surface area contributed by atoms with Gasteiger partial charge in [-0.05, 0) is 23.8 Å². The highest BCUT2D eigenvalue weighted by Crippen LogP contribution is 2.19. The van der Waals surface area contributed by atoms with Crippen molar-refractivity contribution in [3.63, 3.8) is 0 Å². The van der Waals surface area contributed by atoms with E-state index in [0.717, 1.165) is 11.3 Å². The quantitative estimate of drug-likeness (QED) is 0.499. The van der Waals surface area contributed by atoms with Gasteiger partial charge in [-0.1, -0.05) is 12.1 Å². The minimum absolute atomic E-state index is 0.0858. The fourth-order valence-electron chi connectivity index (χ4n) is 1.88. The Labute approximate surface area is 126 Å². The van der Waals surface area contributed by atoms with Crippen LogP contribution in [0.1, 0.15) is 15.9 Å². The fraction of sp³-hybridized carbons (Fsp3) is 0.133. The smallest absolute Gasteiger partial charge is 0.270 e. The number of nitro benzene ring substituents is 1. The van der Waals surface area contributed by atoms with Gasteiger partial charge in [0.05, 0.1) is 17.6 Å². The molecule has 1 amide bonds. The van der Waals surface area contributed by atoms with Gasteiger partial charge in [0.1, 0.15) is 5.75 Å². The van der Waals surface area contributed by atoms with E-state index < -0.39 is 10.8 Å². The number of carbonyl (C=O) groups excluding carboxylic acids is 1. The number of ether oxygens (including phenoxy) is 1. The summed E-state index contributed by atoms with van der Waals surface area (Å²) in [5.74, 6) is 0.259. The minimum Gasteiger partial charge on any atom is -0.497 e. The summed E-state index contributed by atoms with van der Waals surface area (Å²) in [6.45, 7) is 0.283. The number of nitrogen functional groups attached to an aromatic ring is 1. The molecule has 0 spiro atoms. The molecule has 0 saturated heterocycles. The van der Waals surface area contributed by atoms with Gasteiger partial charge in [-0.25, -0.2) is 0 Å². The average Bonchev–Trinajstić information content (AvgIpc) is 2.53. The number of benzene rings is 2. The molecule has 2 rings (SSSR count). The number of nitrogens with one attached hydrogen (secondary N) is 1. The first-order valence-corrected chi connectivity index (χ1v) is 6.46. The van der Waals surface area contributed by atoms with Crippen LogP contribution in [0.3, 0.4) is 0 Å². The molecule has 0 aliphatic heterocycles. The second kappa shape index (κ2) is 6.57.